The number of halogens is 1. The highest BCUT2D eigenvalue weighted by Crippen LogP contribution is 2.27. The van der Waals surface area contributed by atoms with E-state index in [1.807, 2.05) is 0 Å². The normalized spacial score (nSPS) is 14.3. The minimum atomic E-state index is -0.343. The van der Waals surface area contributed by atoms with E-state index in [1.165, 1.54) is 23.5 Å². The Morgan fingerprint density at radius 2 is 1.90 bits per heavy atom. The summed E-state index contributed by atoms with van der Waals surface area (Å²) in [5, 5.41) is 3.68. The van der Waals surface area contributed by atoms with Gasteiger partial charge in [-0.25, -0.2) is 14.4 Å². The summed E-state index contributed by atoms with van der Waals surface area (Å²) in [4.78, 5) is 34.7. The summed E-state index contributed by atoms with van der Waals surface area (Å²) < 4.78 is 15.8. The van der Waals surface area contributed by atoms with Crippen LogP contribution in [0.3, 0.4) is 0 Å². The summed E-state index contributed by atoms with van der Waals surface area (Å²) in [6.45, 7) is 0.692. The Kier molecular flexibility index (Phi) is 4.78. The molecule has 30 heavy (non-hydrogen) atoms. The molecule has 0 unspecified atom stereocenters. The van der Waals surface area contributed by atoms with Crippen LogP contribution in [-0.4, -0.2) is 20.4 Å². The molecule has 0 aliphatic carbocycles. The van der Waals surface area contributed by atoms with Crippen molar-refractivity contribution in [1.82, 2.24) is 14.5 Å². The first-order valence-electron chi connectivity index (χ1n) is 9.99. The number of carbonyl (C=O) groups is 1. The van der Waals surface area contributed by atoms with Crippen LogP contribution in [0.4, 0.5) is 9.52 Å². The molecule has 0 fully saturated rings. The van der Waals surface area contributed by atoms with Crippen LogP contribution in [-0.2, 0) is 13.0 Å². The molecule has 1 N–H and O–H groups in total. The molecule has 1 aliphatic heterocycles. The Morgan fingerprint density at radius 1 is 1.03 bits per heavy atom. The van der Waals surface area contributed by atoms with E-state index in [-0.39, 0.29) is 17.3 Å². The third-order valence-electron chi connectivity index (χ3n) is 5.40. The van der Waals surface area contributed by atoms with Crippen LogP contribution in [0, 0.1) is 5.82 Å². The van der Waals surface area contributed by atoms with Gasteiger partial charge in [-0.15, -0.1) is 0 Å². The predicted molar refractivity (Wildman–Crippen MR) is 116 cm³/mol. The molecule has 8 heteroatoms. The molecule has 0 bridgehead atoms. The van der Waals surface area contributed by atoms with Gasteiger partial charge in [0.15, 0.2) is 5.13 Å². The fraction of sp³-hybridized carbons (Fsp3) is 0.273. The zero-order chi connectivity index (χ0) is 20.7. The Bertz CT molecular complexity index is 1340. The van der Waals surface area contributed by atoms with E-state index in [0.717, 1.165) is 37.9 Å². The van der Waals surface area contributed by atoms with Crippen molar-refractivity contribution in [3.63, 3.8) is 0 Å². The molecule has 0 saturated carbocycles. The standard InChI is InChI=1S/C22H19FN4O2S/c23-14-7-9-16-18(12-14)30-22(25-16)26-20(28)13-6-8-15-17(11-13)24-19-5-3-1-2-4-10-27(19)21(15)29/h6-9,11-12H,1-5,10H2,(H,25,26,28). The average Bonchev–Trinajstić information content (AvgIpc) is 3.10. The van der Waals surface area contributed by atoms with E-state index in [0.29, 0.717) is 38.4 Å². The first-order valence-corrected chi connectivity index (χ1v) is 10.8. The van der Waals surface area contributed by atoms with E-state index in [1.54, 1.807) is 28.8 Å². The Balaban J connectivity index is 1.48. The molecule has 1 aliphatic rings. The number of benzene rings is 2. The topological polar surface area (TPSA) is 76.9 Å². The molecule has 2 aromatic heterocycles. The Hall–Kier alpha value is -3.13. The van der Waals surface area contributed by atoms with Gasteiger partial charge >= 0.3 is 0 Å². The van der Waals surface area contributed by atoms with Crippen molar-refractivity contribution >= 4 is 43.5 Å². The lowest BCUT2D eigenvalue weighted by molar-refractivity contribution is 0.102. The van der Waals surface area contributed by atoms with Crippen LogP contribution in [0.1, 0.15) is 41.9 Å². The van der Waals surface area contributed by atoms with Crippen LogP contribution in [0.2, 0.25) is 0 Å². The number of nitrogens with one attached hydrogen (secondary N) is 1. The minimum absolute atomic E-state index is 0.0444. The van der Waals surface area contributed by atoms with Crippen molar-refractivity contribution in [3.8, 4) is 0 Å². The molecular weight excluding hydrogens is 403 g/mol. The first kappa shape index (κ1) is 18.9. The summed E-state index contributed by atoms with van der Waals surface area (Å²) in [7, 11) is 0. The number of fused-ring (bicyclic) bond motifs is 3. The zero-order valence-corrected chi connectivity index (χ0v) is 17.0. The molecule has 0 saturated heterocycles. The predicted octanol–water partition coefficient (Wildman–Crippen LogP) is 4.51. The fourth-order valence-electron chi connectivity index (χ4n) is 3.86. The highest BCUT2D eigenvalue weighted by atomic mass is 32.1. The van der Waals surface area contributed by atoms with Crippen molar-refractivity contribution in [1.29, 1.82) is 0 Å². The largest absolute Gasteiger partial charge is 0.298 e. The lowest BCUT2D eigenvalue weighted by Gasteiger charge is -2.16. The highest BCUT2D eigenvalue weighted by Gasteiger charge is 2.16. The van der Waals surface area contributed by atoms with Gasteiger partial charge in [-0.1, -0.05) is 24.2 Å². The molecule has 5 rings (SSSR count). The number of anilines is 1. The van der Waals surface area contributed by atoms with Crippen molar-refractivity contribution in [2.75, 3.05) is 5.32 Å². The summed E-state index contributed by atoms with van der Waals surface area (Å²) in [6.07, 6.45) is 5.02. The van der Waals surface area contributed by atoms with Crippen molar-refractivity contribution in [3.05, 3.63) is 64.0 Å². The van der Waals surface area contributed by atoms with Gasteiger partial charge < -0.3 is 0 Å². The van der Waals surface area contributed by atoms with Gasteiger partial charge in [-0.2, -0.15) is 0 Å². The molecule has 0 spiro atoms. The maximum absolute atomic E-state index is 13.4. The number of aromatic nitrogens is 3. The molecule has 3 heterocycles. The third kappa shape index (κ3) is 3.47. The van der Waals surface area contributed by atoms with Crippen molar-refractivity contribution in [2.24, 2.45) is 0 Å². The second-order valence-electron chi connectivity index (χ2n) is 7.47. The summed E-state index contributed by atoms with van der Waals surface area (Å²) in [5.74, 6) is 0.105. The summed E-state index contributed by atoms with van der Waals surface area (Å²) >= 11 is 1.21. The highest BCUT2D eigenvalue weighted by molar-refractivity contribution is 7.22. The van der Waals surface area contributed by atoms with Gasteiger partial charge in [0.05, 0.1) is 21.1 Å². The maximum atomic E-state index is 13.4. The molecule has 2 aromatic carbocycles. The Labute approximate surface area is 175 Å². The molecule has 6 nitrogen and oxygen atoms in total. The number of aryl methyl sites for hydroxylation is 1. The number of rotatable bonds is 2. The zero-order valence-electron chi connectivity index (χ0n) is 16.2. The number of hydrogen-bond donors (Lipinski definition) is 1. The second kappa shape index (κ2) is 7.60. The quantitative estimate of drug-likeness (QED) is 0.516. The lowest BCUT2D eigenvalue weighted by Crippen LogP contribution is -2.26. The van der Waals surface area contributed by atoms with Gasteiger partial charge in [0.1, 0.15) is 11.6 Å². The van der Waals surface area contributed by atoms with Crippen LogP contribution in [0.15, 0.2) is 41.2 Å². The molecule has 0 radical (unpaired) electrons. The Morgan fingerprint density at radius 3 is 2.80 bits per heavy atom. The van der Waals surface area contributed by atoms with Gasteiger partial charge in [-0.05, 0) is 49.2 Å². The molecule has 152 valence electrons. The number of carbonyl (C=O) groups excluding carboxylic acids is 1. The fourth-order valence-corrected chi connectivity index (χ4v) is 4.74. The maximum Gasteiger partial charge on any atom is 0.261 e. The van der Waals surface area contributed by atoms with Crippen LogP contribution >= 0.6 is 11.3 Å². The smallest absolute Gasteiger partial charge is 0.261 e. The molecular formula is C22H19FN4O2S. The number of thiazole rings is 1. The van der Waals surface area contributed by atoms with Gasteiger partial charge in [0.25, 0.3) is 11.5 Å². The van der Waals surface area contributed by atoms with E-state index in [2.05, 4.69) is 10.3 Å². The SMILES string of the molecule is O=C(Nc1nc2ccc(F)cc2s1)c1ccc2c(=O)n3c(nc2c1)CCCCCC3. The van der Waals surface area contributed by atoms with Gasteiger partial charge in [0.2, 0.25) is 0 Å². The van der Waals surface area contributed by atoms with Crippen LogP contribution < -0.4 is 10.9 Å². The summed E-state index contributed by atoms with van der Waals surface area (Å²) in [5.41, 5.74) is 1.52. The third-order valence-corrected chi connectivity index (χ3v) is 6.33. The first-order chi connectivity index (χ1) is 14.6. The van der Waals surface area contributed by atoms with E-state index in [9.17, 15) is 14.0 Å². The molecule has 4 aromatic rings. The summed E-state index contributed by atoms with van der Waals surface area (Å²) in [6, 6.07) is 9.26. The number of hydrogen-bond acceptors (Lipinski definition) is 5. The van der Waals surface area contributed by atoms with Crippen molar-refractivity contribution in [2.45, 2.75) is 38.6 Å². The van der Waals surface area contributed by atoms with E-state index >= 15 is 0 Å². The number of amides is 1. The average molecular weight is 422 g/mol. The van der Waals surface area contributed by atoms with Crippen molar-refractivity contribution < 1.29 is 9.18 Å². The monoisotopic (exact) mass is 422 g/mol. The van der Waals surface area contributed by atoms with E-state index in [4.69, 9.17) is 4.98 Å². The second-order valence-corrected chi connectivity index (χ2v) is 8.50. The van der Waals surface area contributed by atoms with Crippen LogP contribution in [0.5, 0.6) is 0 Å². The van der Waals surface area contributed by atoms with Crippen LogP contribution in [0.25, 0.3) is 21.1 Å². The molecule has 0 atom stereocenters. The molecule has 1 amide bonds. The van der Waals surface area contributed by atoms with Gasteiger partial charge in [0, 0.05) is 18.5 Å². The van der Waals surface area contributed by atoms with Gasteiger partial charge in [-0.3, -0.25) is 19.5 Å². The lowest BCUT2D eigenvalue weighted by atomic mass is 10.1. The number of nitrogens with zero attached hydrogens (tertiary/aromatic N) is 3. The minimum Gasteiger partial charge on any atom is -0.298 e. The van der Waals surface area contributed by atoms with E-state index < -0.39 is 0 Å².